The summed E-state index contributed by atoms with van der Waals surface area (Å²) in [6, 6.07) is 7.85. The summed E-state index contributed by atoms with van der Waals surface area (Å²) in [5.74, 6) is -1.35. The molecule has 0 saturated heterocycles. The van der Waals surface area contributed by atoms with E-state index in [0.717, 1.165) is 0 Å². The van der Waals surface area contributed by atoms with Gasteiger partial charge in [0.15, 0.2) is 9.84 Å². The van der Waals surface area contributed by atoms with Crippen molar-refractivity contribution in [2.45, 2.75) is 29.1 Å². The van der Waals surface area contributed by atoms with E-state index in [-0.39, 0.29) is 29.3 Å². The van der Waals surface area contributed by atoms with Gasteiger partial charge in [0.2, 0.25) is 5.91 Å². The number of hydrogen-bond acceptors (Lipinski definition) is 5. The van der Waals surface area contributed by atoms with Crippen molar-refractivity contribution in [1.29, 1.82) is 5.26 Å². The number of aliphatic hydroxyl groups is 1. The van der Waals surface area contributed by atoms with E-state index in [4.69, 9.17) is 16.9 Å². The minimum absolute atomic E-state index is 0.00594. The van der Waals surface area contributed by atoms with Crippen LogP contribution in [0.5, 0.6) is 0 Å². The van der Waals surface area contributed by atoms with Crippen molar-refractivity contribution in [2.75, 3.05) is 6.54 Å². The SMILES string of the molecule is N#CCNC(=O)[C@@H]1C[C@H](S(=O)(=O)c2ccccc2Cl)CC1O. The maximum Gasteiger partial charge on any atom is 0.226 e. The summed E-state index contributed by atoms with van der Waals surface area (Å²) in [6.07, 6.45) is -1.08. The summed E-state index contributed by atoms with van der Waals surface area (Å²) in [6.45, 7) is -0.177. The molecule has 0 aromatic heterocycles. The Hall–Kier alpha value is -1.62. The summed E-state index contributed by atoms with van der Waals surface area (Å²) in [4.78, 5) is 11.9. The third-order valence-electron chi connectivity index (χ3n) is 3.75. The first-order chi connectivity index (χ1) is 10.4. The summed E-state index contributed by atoms with van der Waals surface area (Å²) in [5, 5.41) is 20.0. The predicted octanol–water partition coefficient (Wildman–Crippen LogP) is 0.893. The van der Waals surface area contributed by atoms with Gasteiger partial charge < -0.3 is 10.4 Å². The van der Waals surface area contributed by atoms with Gasteiger partial charge in [-0.3, -0.25) is 4.79 Å². The predicted molar refractivity (Wildman–Crippen MR) is 79.8 cm³/mol. The molecule has 1 aliphatic rings. The summed E-state index contributed by atoms with van der Waals surface area (Å²) >= 11 is 5.93. The number of amides is 1. The van der Waals surface area contributed by atoms with Gasteiger partial charge in [0.25, 0.3) is 0 Å². The van der Waals surface area contributed by atoms with Crippen LogP contribution in [0.2, 0.25) is 5.02 Å². The van der Waals surface area contributed by atoms with E-state index in [1.54, 1.807) is 18.2 Å². The highest BCUT2D eigenvalue weighted by atomic mass is 35.5. The van der Waals surface area contributed by atoms with E-state index in [9.17, 15) is 18.3 Å². The number of benzene rings is 1. The maximum absolute atomic E-state index is 12.6. The Morgan fingerprint density at radius 1 is 1.41 bits per heavy atom. The fourth-order valence-corrected chi connectivity index (χ4v) is 4.95. The van der Waals surface area contributed by atoms with E-state index in [1.165, 1.54) is 12.1 Å². The number of aliphatic hydroxyl groups excluding tert-OH is 1. The third-order valence-corrected chi connectivity index (χ3v) is 6.42. The largest absolute Gasteiger partial charge is 0.392 e. The molecule has 8 heteroatoms. The molecule has 2 N–H and O–H groups in total. The average molecular weight is 343 g/mol. The third kappa shape index (κ3) is 3.24. The number of hydrogen-bond donors (Lipinski definition) is 2. The van der Waals surface area contributed by atoms with E-state index < -0.39 is 33.0 Å². The molecule has 0 bridgehead atoms. The molecule has 0 spiro atoms. The van der Waals surface area contributed by atoms with Crippen LogP contribution in [0.3, 0.4) is 0 Å². The number of rotatable bonds is 4. The van der Waals surface area contributed by atoms with Crippen molar-refractivity contribution in [2.24, 2.45) is 5.92 Å². The quantitative estimate of drug-likeness (QED) is 0.790. The highest BCUT2D eigenvalue weighted by molar-refractivity contribution is 7.92. The number of carbonyl (C=O) groups is 1. The van der Waals surface area contributed by atoms with Crippen LogP contribution in [0.15, 0.2) is 29.2 Å². The van der Waals surface area contributed by atoms with Crippen molar-refractivity contribution in [3.8, 4) is 6.07 Å². The average Bonchev–Trinajstić information content (AvgIpc) is 2.88. The van der Waals surface area contributed by atoms with Crippen molar-refractivity contribution in [3.05, 3.63) is 29.3 Å². The normalized spacial score (nSPS) is 24.7. The highest BCUT2D eigenvalue weighted by Gasteiger charge is 2.44. The molecule has 0 aliphatic heterocycles. The number of sulfone groups is 1. The van der Waals surface area contributed by atoms with E-state index >= 15 is 0 Å². The van der Waals surface area contributed by atoms with Crippen LogP contribution < -0.4 is 5.32 Å². The van der Waals surface area contributed by atoms with E-state index in [0.29, 0.717) is 0 Å². The van der Waals surface area contributed by atoms with Gasteiger partial charge in [0, 0.05) is 0 Å². The number of nitrogens with zero attached hydrogens (tertiary/aromatic N) is 1. The number of nitriles is 1. The van der Waals surface area contributed by atoms with Crippen LogP contribution in [0.25, 0.3) is 0 Å². The standard InChI is InChI=1S/C14H15ClN2O4S/c15-11-3-1-2-4-13(11)22(20,21)9-7-10(12(18)8-9)14(19)17-6-5-16/h1-4,9-10,12,18H,6-8H2,(H,17,19)/t9-,10+,12?/m0/s1. The first-order valence-electron chi connectivity index (χ1n) is 6.69. The van der Waals surface area contributed by atoms with Gasteiger partial charge in [0.05, 0.1) is 33.3 Å². The minimum atomic E-state index is -3.73. The zero-order valence-corrected chi connectivity index (χ0v) is 13.1. The molecular weight excluding hydrogens is 328 g/mol. The number of nitrogens with one attached hydrogen (secondary N) is 1. The second-order valence-electron chi connectivity index (χ2n) is 5.12. The molecule has 1 amide bonds. The molecule has 3 atom stereocenters. The Balaban J connectivity index is 2.20. The Morgan fingerprint density at radius 3 is 2.73 bits per heavy atom. The lowest BCUT2D eigenvalue weighted by atomic mass is 10.1. The van der Waals surface area contributed by atoms with Crippen LogP contribution in [0.1, 0.15) is 12.8 Å². The van der Waals surface area contributed by atoms with Crippen molar-refractivity contribution >= 4 is 27.3 Å². The van der Waals surface area contributed by atoms with E-state index in [2.05, 4.69) is 5.32 Å². The van der Waals surface area contributed by atoms with Gasteiger partial charge in [-0.15, -0.1) is 0 Å². The van der Waals surface area contributed by atoms with Gasteiger partial charge in [-0.2, -0.15) is 5.26 Å². The lowest BCUT2D eigenvalue weighted by Crippen LogP contribution is -2.35. The summed E-state index contributed by atoms with van der Waals surface area (Å²) in [5.41, 5.74) is 0. The first-order valence-corrected chi connectivity index (χ1v) is 8.61. The smallest absolute Gasteiger partial charge is 0.226 e. The first kappa shape index (κ1) is 16.7. The molecule has 0 heterocycles. The lowest BCUT2D eigenvalue weighted by molar-refractivity contribution is -0.127. The molecule has 118 valence electrons. The van der Waals surface area contributed by atoms with Crippen LogP contribution >= 0.6 is 11.6 Å². The van der Waals surface area contributed by atoms with Crippen LogP contribution in [-0.2, 0) is 14.6 Å². The molecule has 1 aromatic rings. The second-order valence-corrected chi connectivity index (χ2v) is 7.72. The summed E-state index contributed by atoms with van der Waals surface area (Å²) in [7, 11) is -3.73. The Labute approximate surface area is 133 Å². The van der Waals surface area contributed by atoms with Gasteiger partial charge in [0.1, 0.15) is 6.54 Å². The molecule has 1 aliphatic carbocycles. The number of halogens is 1. The molecule has 1 fully saturated rings. The lowest BCUT2D eigenvalue weighted by Gasteiger charge is -2.13. The fraction of sp³-hybridized carbons (Fsp3) is 0.429. The fourth-order valence-electron chi connectivity index (χ4n) is 2.62. The Kier molecular flexibility index (Phi) is 5.06. The van der Waals surface area contributed by atoms with Gasteiger partial charge in [-0.05, 0) is 25.0 Å². The van der Waals surface area contributed by atoms with E-state index in [1.807, 2.05) is 0 Å². The van der Waals surface area contributed by atoms with Gasteiger partial charge >= 0.3 is 0 Å². The molecule has 1 aromatic carbocycles. The van der Waals surface area contributed by atoms with Crippen LogP contribution in [0, 0.1) is 17.2 Å². The minimum Gasteiger partial charge on any atom is -0.392 e. The van der Waals surface area contributed by atoms with Gasteiger partial charge in [-0.1, -0.05) is 23.7 Å². The molecule has 2 rings (SSSR count). The maximum atomic E-state index is 12.6. The highest BCUT2D eigenvalue weighted by Crippen LogP contribution is 2.36. The van der Waals surface area contributed by atoms with Crippen LogP contribution in [0.4, 0.5) is 0 Å². The Morgan fingerprint density at radius 2 is 2.09 bits per heavy atom. The second kappa shape index (κ2) is 6.65. The van der Waals surface area contributed by atoms with Crippen LogP contribution in [-0.4, -0.2) is 37.3 Å². The van der Waals surface area contributed by atoms with Crippen molar-refractivity contribution in [3.63, 3.8) is 0 Å². The molecule has 6 nitrogen and oxygen atoms in total. The molecule has 0 radical (unpaired) electrons. The topological polar surface area (TPSA) is 107 Å². The zero-order chi connectivity index (χ0) is 16.3. The molecule has 1 unspecified atom stereocenters. The van der Waals surface area contributed by atoms with Crippen molar-refractivity contribution < 1.29 is 18.3 Å². The zero-order valence-electron chi connectivity index (χ0n) is 11.6. The van der Waals surface area contributed by atoms with Gasteiger partial charge in [-0.25, -0.2) is 8.42 Å². The molecule has 22 heavy (non-hydrogen) atoms. The Bertz CT molecular complexity index is 714. The summed E-state index contributed by atoms with van der Waals surface area (Å²) < 4.78 is 25.2. The number of carbonyl (C=O) groups excluding carboxylic acids is 1. The monoisotopic (exact) mass is 342 g/mol. The molecular formula is C14H15ClN2O4S. The molecule has 1 saturated carbocycles. The van der Waals surface area contributed by atoms with Crippen molar-refractivity contribution in [1.82, 2.24) is 5.32 Å².